The van der Waals surface area contributed by atoms with Gasteiger partial charge in [-0.15, -0.1) is 0 Å². The highest BCUT2D eigenvalue weighted by molar-refractivity contribution is 7.92. The molecule has 1 heterocycles. The second-order valence-corrected chi connectivity index (χ2v) is 9.09. The van der Waals surface area contributed by atoms with Crippen molar-refractivity contribution in [1.29, 1.82) is 0 Å². The third kappa shape index (κ3) is 3.85. The molecule has 1 saturated heterocycles. The van der Waals surface area contributed by atoms with E-state index in [0.29, 0.717) is 50.0 Å². The lowest BCUT2D eigenvalue weighted by molar-refractivity contribution is -0.139. The van der Waals surface area contributed by atoms with Crippen molar-refractivity contribution in [1.82, 2.24) is 4.90 Å². The number of carbonyl (C=O) groups excluding carboxylic acids is 1. The predicted octanol–water partition coefficient (Wildman–Crippen LogP) is 2.17. The van der Waals surface area contributed by atoms with Gasteiger partial charge in [-0.3, -0.25) is 14.3 Å². The lowest BCUT2D eigenvalue weighted by Crippen LogP contribution is -2.40. The molecule has 2 N–H and O–H groups in total. The molecular weight excluding hydrogens is 356 g/mol. The zero-order valence-corrected chi connectivity index (χ0v) is 15.6. The second-order valence-electron chi connectivity index (χ2n) is 7.25. The number of carboxylic acids is 1. The third-order valence-corrected chi connectivity index (χ3v) is 6.88. The molecule has 0 aromatic heterocycles. The van der Waals surface area contributed by atoms with Crippen LogP contribution in [-0.2, 0) is 14.8 Å². The lowest BCUT2D eigenvalue weighted by atomic mass is 9.90. The summed E-state index contributed by atoms with van der Waals surface area (Å²) in [6, 6.07) is 6.50. The van der Waals surface area contributed by atoms with E-state index in [1.165, 1.54) is 0 Å². The highest BCUT2D eigenvalue weighted by Crippen LogP contribution is 2.59. The number of amides is 1. The van der Waals surface area contributed by atoms with Crippen LogP contribution in [0.3, 0.4) is 0 Å². The van der Waals surface area contributed by atoms with Gasteiger partial charge in [-0.2, -0.15) is 0 Å². The van der Waals surface area contributed by atoms with E-state index in [2.05, 4.69) is 4.72 Å². The van der Waals surface area contributed by atoms with Gasteiger partial charge in [-0.25, -0.2) is 8.42 Å². The summed E-state index contributed by atoms with van der Waals surface area (Å²) in [5.41, 5.74) is 0.689. The Morgan fingerprint density at radius 1 is 1.31 bits per heavy atom. The topological polar surface area (TPSA) is 104 Å². The largest absolute Gasteiger partial charge is 0.481 e. The number of aliphatic carboxylic acids is 1. The minimum absolute atomic E-state index is 0.0319. The molecule has 1 atom stereocenters. The number of nitrogens with zero attached hydrogens (tertiary/aromatic N) is 1. The summed E-state index contributed by atoms with van der Waals surface area (Å²) in [6.07, 6.45) is 2.64. The van der Waals surface area contributed by atoms with Crippen LogP contribution in [0, 0.1) is 11.3 Å². The van der Waals surface area contributed by atoms with Crippen molar-refractivity contribution in [2.45, 2.75) is 32.6 Å². The first kappa shape index (κ1) is 18.7. The van der Waals surface area contributed by atoms with Crippen molar-refractivity contribution in [2.75, 3.05) is 23.6 Å². The van der Waals surface area contributed by atoms with Gasteiger partial charge in [-0.1, -0.05) is 13.0 Å². The number of likely N-dealkylation sites (tertiary alicyclic amines) is 1. The zero-order chi connectivity index (χ0) is 18.9. The average Bonchev–Trinajstić information content (AvgIpc) is 3.28. The quantitative estimate of drug-likeness (QED) is 0.787. The number of hydrogen-bond donors (Lipinski definition) is 2. The fraction of sp³-hybridized carbons (Fsp3) is 0.556. The van der Waals surface area contributed by atoms with Gasteiger partial charge < -0.3 is 10.0 Å². The van der Waals surface area contributed by atoms with E-state index in [9.17, 15) is 18.0 Å². The molecule has 3 rings (SSSR count). The molecule has 2 aliphatic rings. The van der Waals surface area contributed by atoms with E-state index >= 15 is 0 Å². The SMILES string of the molecule is CCCS(=O)(=O)Nc1cccc(C(=O)N2CCC3(CC2)CC3C(=O)O)c1. The van der Waals surface area contributed by atoms with E-state index in [0.717, 1.165) is 0 Å². The number of anilines is 1. The molecule has 8 heteroatoms. The number of benzene rings is 1. The van der Waals surface area contributed by atoms with Crippen molar-refractivity contribution in [3.8, 4) is 0 Å². The molecule has 2 fully saturated rings. The fourth-order valence-corrected chi connectivity index (χ4v) is 4.93. The van der Waals surface area contributed by atoms with Crippen LogP contribution in [0.1, 0.15) is 43.0 Å². The summed E-state index contributed by atoms with van der Waals surface area (Å²) < 4.78 is 26.3. The predicted molar refractivity (Wildman–Crippen MR) is 97.5 cm³/mol. The molecule has 1 aromatic carbocycles. The maximum atomic E-state index is 12.7. The smallest absolute Gasteiger partial charge is 0.307 e. The number of sulfonamides is 1. The Hall–Kier alpha value is -2.09. The Morgan fingerprint density at radius 2 is 2.00 bits per heavy atom. The van der Waals surface area contributed by atoms with Crippen LogP contribution in [0.25, 0.3) is 0 Å². The molecule has 142 valence electrons. The summed E-state index contributed by atoms with van der Waals surface area (Å²) in [6.45, 7) is 2.86. The summed E-state index contributed by atoms with van der Waals surface area (Å²) in [5, 5.41) is 9.15. The van der Waals surface area contributed by atoms with Crippen LogP contribution in [0.2, 0.25) is 0 Å². The van der Waals surface area contributed by atoms with E-state index in [-0.39, 0.29) is 23.0 Å². The Morgan fingerprint density at radius 3 is 2.58 bits per heavy atom. The zero-order valence-electron chi connectivity index (χ0n) is 14.8. The first-order valence-corrected chi connectivity index (χ1v) is 10.5. The Balaban J connectivity index is 1.64. The highest BCUT2D eigenvalue weighted by Gasteiger charge is 2.59. The maximum Gasteiger partial charge on any atom is 0.307 e. The Labute approximate surface area is 153 Å². The Kier molecular flexibility index (Phi) is 4.96. The van der Waals surface area contributed by atoms with Gasteiger partial charge in [0.15, 0.2) is 0 Å². The molecule has 1 unspecified atom stereocenters. The number of hydrogen-bond acceptors (Lipinski definition) is 4. The number of carboxylic acid groups (broad SMARTS) is 1. The summed E-state index contributed by atoms with van der Waals surface area (Å²) in [7, 11) is -3.40. The van der Waals surface area contributed by atoms with Crippen molar-refractivity contribution in [3.63, 3.8) is 0 Å². The molecule has 1 saturated carbocycles. The molecule has 7 nitrogen and oxygen atoms in total. The molecule has 1 spiro atoms. The van der Waals surface area contributed by atoms with Gasteiger partial charge in [0.1, 0.15) is 0 Å². The first-order chi connectivity index (χ1) is 12.3. The lowest BCUT2D eigenvalue weighted by Gasteiger charge is -2.32. The van der Waals surface area contributed by atoms with Gasteiger partial charge in [0.25, 0.3) is 5.91 Å². The van der Waals surface area contributed by atoms with Gasteiger partial charge in [0.05, 0.1) is 11.7 Å². The van der Waals surface area contributed by atoms with Crippen molar-refractivity contribution in [2.24, 2.45) is 11.3 Å². The van der Waals surface area contributed by atoms with Crippen LogP contribution < -0.4 is 4.72 Å². The molecular formula is C18H24N2O5S. The van der Waals surface area contributed by atoms with Gasteiger partial charge in [0.2, 0.25) is 10.0 Å². The number of nitrogens with one attached hydrogen (secondary N) is 1. The van der Waals surface area contributed by atoms with Crippen molar-refractivity contribution >= 4 is 27.6 Å². The normalized spacial score (nSPS) is 21.4. The molecule has 26 heavy (non-hydrogen) atoms. The number of piperidine rings is 1. The van der Waals surface area contributed by atoms with Crippen LogP contribution in [0.5, 0.6) is 0 Å². The molecule has 1 aliphatic heterocycles. The minimum atomic E-state index is -3.40. The molecule has 1 aliphatic carbocycles. The fourth-order valence-electron chi connectivity index (χ4n) is 3.80. The summed E-state index contributed by atoms with van der Waals surface area (Å²) >= 11 is 0. The van der Waals surface area contributed by atoms with Crippen LogP contribution in [0.4, 0.5) is 5.69 Å². The van der Waals surface area contributed by atoms with Gasteiger partial charge in [0, 0.05) is 24.3 Å². The maximum absolute atomic E-state index is 12.7. The van der Waals surface area contributed by atoms with Gasteiger partial charge >= 0.3 is 5.97 Å². The standard InChI is InChI=1S/C18H24N2O5S/c1-2-10-26(24,25)19-14-5-3-4-13(11-14)16(21)20-8-6-18(7-9-20)12-15(18)17(22)23/h3-5,11,15,19H,2,6-10,12H2,1H3,(H,22,23). The van der Waals surface area contributed by atoms with E-state index < -0.39 is 16.0 Å². The monoisotopic (exact) mass is 380 g/mol. The Bertz CT molecular complexity index is 813. The van der Waals surface area contributed by atoms with Crippen molar-refractivity contribution < 1.29 is 23.1 Å². The number of carbonyl (C=O) groups is 2. The summed E-state index contributed by atoms with van der Waals surface area (Å²) in [5.74, 6) is -1.12. The molecule has 1 aromatic rings. The van der Waals surface area contributed by atoms with E-state index in [1.54, 1.807) is 36.1 Å². The van der Waals surface area contributed by atoms with Gasteiger partial charge in [-0.05, 0) is 49.3 Å². The van der Waals surface area contributed by atoms with E-state index in [4.69, 9.17) is 5.11 Å². The highest BCUT2D eigenvalue weighted by atomic mass is 32.2. The van der Waals surface area contributed by atoms with Crippen LogP contribution in [-0.4, -0.2) is 49.1 Å². The first-order valence-electron chi connectivity index (χ1n) is 8.89. The minimum Gasteiger partial charge on any atom is -0.481 e. The van der Waals surface area contributed by atoms with Crippen molar-refractivity contribution in [3.05, 3.63) is 29.8 Å². The number of rotatable bonds is 6. The second kappa shape index (κ2) is 6.90. The third-order valence-electron chi connectivity index (χ3n) is 5.39. The molecule has 0 radical (unpaired) electrons. The van der Waals surface area contributed by atoms with Crippen LogP contribution in [0.15, 0.2) is 24.3 Å². The average molecular weight is 380 g/mol. The van der Waals surface area contributed by atoms with Crippen LogP contribution >= 0.6 is 0 Å². The molecule has 1 amide bonds. The molecule has 0 bridgehead atoms. The summed E-state index contributed by atoms with van der Waals surface area (Å²) in [4.78, 5) is 25.6. The van der Waals surface area contributed by atoms with E-state index in [1.807, 2.05) is 0 Å².